The number of hydrogen-bond donors (Lipinski definition) is 2. The van der Waals surface area contributed by atoms with E-state index in [1.165, 1.54) is 24.3 Å². The number of nitrogens with zero attached hydrogens (tertiary/aromatic N) is 1. The maximum Gasteiger partial charge on any atom is 0.446 e. The molecule has 1 atom stereocenters. The number of alkyl halides is 3. The molecular formula is C23H20F3N3O4S. The molecule has 0 aromatic heterocycles. The Balaban J connectivity index is 1.34. The molecule has 4 rings (SSSR count). The summed E-state index contributed by atoms with van der Waals surface area (Å²) < 4.78 is 37.2. The minimum absolute atomic E-state index is 0.0113. The summed E-state index contributed by atoms with van der Waals surface area (Å²) in [4.78, 5) is 50.3. The molecule has 11 heteroatoms. The van der Waals surface area contributed by atoms with Crippen LogP contribution in [0.2, 0.25) is 0 Å². The van der Waals surface area contributed by atoms with Gasteiger partial charge in [-0.3, -0.25) is 34.7 Å². The van der Waals surface area contributed by atoms with Gasteiger partial charge in [-0.25, -0.2) is 0 Å². The second kappa shape index (κ2) is 9.59. The molecule has 2 N–H and O–H groups in total. The Morgan fingerprint density at radius 3 is 2.44 bits per heavy atom. The summed E-state index contributed by atoms with van der Waals surface area (Å²) in [5, 5.41) is 4.64. The highest BCUT2D eigenvalue weighted by Crippen LogP contribution is 2.36. The van der Waals surface area contributed by atoms with Gasteiger partial charge in [0, 0.05) is 30.0 Å². The Morgan fingerprint density at radius 2 is 1.76 bits per heavy atom. The number of fused-ring (bicyclic) bond motifs is 1. The Hall–Kier alpha value is -3.18. The van der Waals surface area contributed by atoms with Crippen LogP contribution in [0.4, 0.5) is 13.2 Å². The van der Waals surface area contributed by atoms with Gasteiger partial charge in [0.15, 0.2) is 0 Å². The molecule has 7 nitrogen and oxygen atoms in total. The number of halogens is 3. The van der Waals surface area contributed by atoms with Gasteiger partial charge >= 0.3 is 5.51 Å². The van der Waals surface area contributed by atoms with E-state index in [-0.39, 0.29) is 46.9 Å². The number of amides is 4. The lowest BCUT2D eigenvalue weighted by Crippen LogP contribution is -2.50. The van der Waals surface area contributed by atoms with Crippen molar-refractivity contribution in [2.75, 3.05) is 0 Å². The van der Waals surface area contributed by atoms with Crippen LogP contribution in [0.3, 0.4) is 0 Å². The van der Waals surface area contributed by atoms with Crippen molar-refractivity contribution in [3.05, 3.63) is 64.7 Å². The highest BCUT2D eigenvalue weighted by molar-refractivity contribution is 8.00. The molecular weight excluding hydrogens is 471 g/mol. The third kappa shape index (κ3) is 5.84. The van der Waals surface area contributed by atoms with E-state index in [0.717, 1.165) is 11.1 Å². The lowest BCUT2D eigenvalue weighted by molar-refractivity contribution is -0.137. The third-order valence-electron chi connectivity index (χ3n) is 5.64. The van der Waals surface area contributed by atoms with Crippen molar-refractivity contribution in [2.45, 2.75) is 48.8 Å². The normalized spacial score (nSPS) is 18.4. The largest absolute Gasteiger partial charge is 0.446 e. The number of rotatable bonds is 5. The van der Waals surface area contributed by atoms with E-state index in [2.05, 4.69) is 10.6 Å². The fourth-order valence-corrected chi connectivity index (χ4v) is 4.59. The highest BCUT2D eigenvalue weighted by Gasteiger charge is 2.35. The van der Waals surface area contributed by atoms with Gasteiger partial charge in [0.1, 0.15) is 0 Å². The number of carbonyl (C=O) groups excluding carboxylic acids is 4. The van der Waals surface area contributed by atoms with Gasteiger partial charge in [0.05, 0.1) is 12.5 Å². The van der Waals surface area contributed by atoms with Crippen molar-refractivity contribution in [3.63, 3.8) is 0 Å². The van der Waals surface area contributed by atoms with Crippen molar-refractivity contribution in [3.8, 4) is 0 Å². The monoisotopic (exact) mass is 491 g/mol. The number of piperidine rings is 1. The lowest BCUT2D eigenvalue weighted by Gasteiger charge is -2.29. The zero-order valence-corrected chi connectivity index (χ0v) is 18.6. The van der Waals surface area contributed by atoms with Gasteiger partial charge in [-0.1, -0.05) is 18.2 Å². The minimum Gasteiger partial charge on any atom is -0.295 e. The molecule has 34 heavy (non-hydrogen) atoms. The van der Waals surface area contributed by atoms with Gasteiger partial charge < -0.3 is 0 Å². The molecule has 0 saturated carbocycles. The van der Waals surface area contributed by atoms with Crippen LogP contribution in [0.25, 0.3) is 0 Å². The second-order valence-electron chi connectivity index (χ2n) is 8.10. The summed E-state index contributed by atoms with van der Waals surface area (Å²) in [5.74, 6) is -1.77. The third-order valence-corrected chi connectivity index (χ3v) is 6.38. The molecule has 1 unspecified atom stereocenters. The first-order chi connectivity index (χ1) is 16.1. The summed E-state index contributed by atoms with van der Waals surface area (Å²) in [7, 11) is 0. The van der Waals surface area contributed by atoms with Crippen LogP contribution in [-0.4, -0.2) is 40.1 Å². The smallest absolute Gasteiger partial charge is 0.295 e. The molecule has 1 fully saturated rings. The molecule has 2 aromatic rings. The minimum atomic E-state index is -4.39. The average molecular weight is 491 g/mol. The summed E-state index contributed by atoms with van der Waals surface area (Å²) in [5.41, 5.74) is -1.80. The van der Waals surface area contributed by atoms with E-state index in [4.69, 9.17) is 0 Å². The molecule has 178 valence electrons. The molecule has 2 aromatic carbocycles. The highest BCUT2D eigenvalue weighted by atomic mass is 32.2. The van der Waals surface area contributed by atoms with Crippen LogP contribution >= 0.6 is 11.8 Å². The van der Waals surface area contributed by atoms with E-state index in [1.807, 2.05) is 4.90 Å². The van der Waals surface area contributed by atoms with Gasteiger partial charge in [-0.05, 0) is 59.1 Å². The van der Waals surface area contributed by atoms with Crippen LogP contribution in [0.5, 0.6) is 0 Å². The van der Waals surface area contributed by atoms with Crippen molar-refractivity contribution in [1.29, 1.82) is 0 Å². The molecule has 2 aliphatic heterocycles. The fourth-order valence-electron chi connectivity index (χ4n) is 4.05. The van der Waals surface area contributed by atoms with E-state index in [0.29, 0.717) is 25.1 Å². The number of hydrogen-bond acceptors (Lipinski definition) is 6. The number of thioether (sulfide) groups is 1. The number of nitrogens with one attached hydrogen (secondary N) is 2. The first-order valence-electron chi connectivity index (χ1n) is 10.5. The molecule has 0 radical (unpaired) electrons. The predicted octanol–water partition coefficient (Wildman–Crippen LogP) is 2.92. The van der Waals surface area contributed by atoms with Crippen LogP contribution in [0.1, 0.15) is 39.9 Å². The molecule has 0 spiro atoms. The van der Waals surface area contributed by atoms with Crippen molar-refractivity contribution in [2.24, 2.45) is 0 Å². The van der Waals surface area contributed by atoms with Crippen molar-refractivity contribution >= 4 is 35.4 Å². The molecule has 4 amide bonds. The van der Waals surface area contributed by atoms with Crippen LogP contribution in [0, 0.1) is 0 Å². The van der Waals surface area contributed by atoms with E-state index < -0.39 is 23.4 Å². The first-order valence-corrected chi connectivity index (χ1v) is 11.3. The van der Waals surface area contributed by atoms with Gasteiger partial charge in [0.25, 0.3) is 5.91 Å². The van der Waals surface area contributed by atoms with E-state index >= 15 is 0 Å². The summed E-state index contributed by atoms with van der Waals surface area (Å²) >= 11 is -0.240. The zero-order valence-electron chi connectivity index (χ0n) is 17.8. The average Bonchev–Trinajstić information content (AvgIpc) is 3.17. The van der Waals surface area contributed by atoms with Crippen molar-refractivity contribution < 1.29 is 32.3 Å². The molecule has 2 heterocycles. The quantitative estimate of drug-likeness (QED) is 0.493. The SMILES string of the molecule is O=C(Cc1ccc(SC(F)(F)F)cc1)NC(=O)c1ccc2c(c1)CN(C1CCC(=O)NC1=O)C2. The predicted molar refractivity (Wildman–Crippen MR) is 116 cm³/mol. The maximum absolute atomic E-state index is 12.6. The Labute approximate surface area is 197 Å². The molecule has 2 aliphatic rings. The summed E-state index contributed by atoms with van der Waals surface area (Å²) in [6.07, 6.45) is 0.566. The molecule has 0 bridgehead atoms. The topological polar surface area (TPSA) is 95.6 Å². The second-order valence-corrected chi connectivity index (χ2v) is 9.24. The summed E-state index contributed by atoms with van der Waals surface area (Å²) in [6.45, 7) is 0.962. The fraction of sp³-hybridized carbons (Fsp3) is 0.304. The van der Waals surface area contributed by atoms with Gasteiger partial charge in [0.2, 0.25) is 17.7 Å². The summed E-state index contributed by atoms with van der Waals surface area (Å²) in [6, 6.07) is 10.0. The molecule has 1 saturated heterocycles. The maximum atomic E-state index is 12.6. The number of carbonyl (C=O) groups is 4. The Kier molecular flexibility index (Phi) is 6.76. The van der Waals surface area contributed by atoms with E-state index in [9.17, 15) is 32.3 Å². The first kappa shape index (κ1) is 24.0. The number of imide groups is 2. The number of benzene rings is 2. The molecule has 0 aliphatic carbocycles. The van der Waals surface area contributed by atoms with Crippen LogP contribution in [0.15, 0.2) is 47.4 Å². The lowest BCUT2D eigenvalue weighted by atomic mass is 10.0. The Morgan fingerprint density at radius 1 is 1.06 bits per heavy atom. The van der Waals surface area contributed by atoms with Crippen LogP contribution < -0.4 is 10.6 Å². The Bertz CT molecular complexity index is 1150. The van der Waals surface area contributed by atoms with Crippen LogP contribution in [-0.2, 0) is 33.9 Å². The van der Waals surface area contributed by atoms with Gasteiger partial charge in [-0.15, -0.1) is 0 Å². The standard InChI is InChI=1S/C23H20F3N3O4S/c24-23(25,26)34-17-5-1-13(2-6-17)9-20(31)28-21(32)14-3-4-15-11-29(12-16(15)10-14)18-7-8-19(30)27-22(18)33/h1-6,10,18H,7-9,11-12H2,(H,27,30,33)(H,28,31,32). The van der Waals surface area contributed by atoms with E-state index in [1.54, 1.807) is 18.2 Å². The zero-order chi connectivity index (χ0) is 24.5. The van der Waals surface area contributed by atoms with Crippen molar-refractivity contribution in [1.82, 2.24) is 15.5 Å². The van der Waals surface area contributed by atoms with Gasteiger partial charge in [-0.2, -0.15) is 13.2 Å².